The van der Waals surface area contributed by atoms with Crippen LogP contribution in [0.4, 0.5) is 5.69 Å². The number of hydrogen-bond acceptors (Lipinski definition) is 6. The minimum Gasteiger partial charge on any atom is -0.489 e. The summed E-state index contributed by atoms with van der Waals surface area (Å²) in [6.07, 6.45) is 0. The molecule has 8 nitrogen and oxygen atoms in total. The molecule has 2 aromatic rings. The van der Waals surface area contributed by atoms with Gasteiger partial charge in [0.05, 0.1) is 4.92 Å². The van der Waals surface area contributed by atoms with Crippen LogP contribution in [0, 0.1) is 17.0 Å². The van der Waals surface area contributed by atoms with Gasteiger partial charge in [0.1, 0.15) is 18.1 Å². The van der Waals surface area contributed by atoms with Gasteiger partial charge in [-0.05, 0) is 25.1 Å². The molecule has 0 radical (unpaired) electrons. The first-order valence-corrected chi connectivity index (χ1v) is 5.98. The third-order valence-electron chi connectivity index (χ3n) is 2.82. The number of nitrogens with two attached hydrogens (primary N) is 1. The molecule has 2 rings (SSSR count). The molecule has 8 heteroatoms. The number of nitro groups is 1. The molecule has 3 N–H and O–H groups in total. The van der Waals surface area contributed by atoms with E-state index in [0.29, 0.717) is 17.1 Å². The number of aryl methyl sites for hydroxylation is 1. The lowest BCUT2D eigenvalue weighted by atomic mass is 10.2. The smallest absolute Gasteiger partial charge is 0.300 e. The standard InChI is InChI=1S/C13H13N3O5/c1-8-9(6-12(21-8)13(17)15-14)7-20-11-4-2-10(3-5-11)16(18)19/h2-6H,7,14H2,1H3,(H,15,17). The van der Waals surface area contributed by atoms with E-state index in [-0.39, 0.29) is 18.1 Å². The predicted octanol–water partition coefficient (Wildman–Crippen LogP) is 1.68. The molecule has 1 aromatic heterocycles. The molecule has 0 saturated heterocycles. The number of furan rings is 1. The number of rotatable bonds is 5. The number of nitrogen functional groups attached to an aromatic ring is 1. The first-order chi connectivity index (χ1) is 10.0. The topological polar surface area (TPSA) is 121 Å². The van der Waals surface area contributed by atoms with Crippen LogP contribution in [0.25, 0.3) is 0 Å². The molecule has 110 valence electrons. The van der Waals surface area contributed by atoms with Crippen molar-refractivity contribution in [1.29, 1.82) is 0 Å². The Labute approximate surface area is 119 Å². The van der Waals surface area contributed by atoms with Crippen LogP contribution in [0.1, 0.15) is 21.9 Å². The Morgan fingerprint density at radius 1 is 1.43 bits per heavy atom. The normalized spacial score (nSPS) is 10.2. The summed E-state index contributed by atoms with van der Waals surface area (Å²) < 4.78 is 10.7. The van der Waals surface area contributed by atoms with Crippen LogP contribution < -0.4 is 16.0 Å². The van der Waals surface area contributed by atoms with Gasteiger partial charge >= 0.3 is 5.91 Å². The molecule has 1 amide bonds. The summed E-state index contributed by atoms with van der Waals surface area (Å²) >= 11 is 0. The number of hydrogen-bond donors (Lipinski definition) is 2. The third kappa shape index (κ3) is 3.37. The predicted molar refractivity (Wildman–Crippen MR) is 72.5 cm³/mol. The number of carbonyl (C=O) groups is 1. The zero-order chi connectivity index (χ0) is 15.4. The summed E-state index contributed by atoms with van der Waals surface area (Å²) in [7, 11) is 0. The zero-order valence-electron chi connectivity index (χ0n) is 11.2. The molecule has 0 spiro atoms. The van der Waals surface area contributed by atoms with Gasteiger partial charge in [-0.1, -0.05) is 0 Å². The van der Waals surface area contributed by atoms with Crippen molar-refractivity contribution < 1.29 is 18.9 Å². The summed E-state index contributed by atoms with van der Waals surface area (Å²) in [5.74, 6) is 5.60. The molecular formula is C13H13N3O5. The zero-order valence-corrected chi connectivity index (χ0v) is 11.2. The van der Waals surface area contributed by atoms with Crippen molar-refractivity contribution in [2.24, 2.45) is 5.84 Å². The van der Waals surface area contributed by atoms with E-state index in [0.717, 1.165) is 0 Å². The lowest BCUT2D eigenvalue weighted by molar-refractivity contribution is -0.384. The highest BCUT2D eigenvalue weighted by Gasteiger charge is 2.14. The van der Waals surface area contributed by atoms with Crippen molar-refractivity contribution in [2.75, 3.05) is 0 Å². The van der Waals surface area contributed by atoms with Crippen LogP contribution in [-0.2, 0) is 6.61 Å². The summed E-state index contributed by atoms with van der Waals surface area (Å²) in [6.45, 7) is 1.87. The SMILES string of the molecule is Cc1oc(C(=O)NN)cc1COc1ccc([N+](=O)[O-])cc1. The maximum absolute atomic E-state index is 11.3. The Hall–Kier alpha value is -2.87. The first kappa shape index (κ1) is 14.5. The Kier molecular flexibility index (Phi) is 4.19. The third-order valence-corrected chi connectivity index (χ3v) is 2.82. The molecule has 1 heterocycles. The number of benzene rings is 1. The van der Waals surface area contributed by atoms with Crippen LogP contribution in [0.5, 0.6) is 5.75 Å². The van der Waals surface area contributed by atoms with Crippen LogP contribution in [-0.4, -0.2) is 10.8 Å². The van der Waals surface area contributed by atoms with E-state index in [1.54, 1.807) is 6.92 Å². The highest BCUT2D eigenvalue weighted by molar-refractivity contribution is 5.91. The number of amides is 1. The second kappa shape index (κ2) is 6.06. The van der Waals surface area contributed by atoms with Gasteiger partial charge in [0.2, 0.25) is 0 Å². The van der Waals surface area contributed by atoms with E-state index in [1.165, 1.54) is 30.3 Å². The summed E-state index contributed by atoms with van der Waals surface area (Å²) in [6, 6.07) is 7.24. The number of hydrazine groups is 1. The lowest BCUT2D eigenvalue weighted by Crippen LogP contribution is -2.29. The fraction of sp³-hybridized carbons (Fsp3) is 0.154. The number of nitrogens with one attached hydrogen (secondary N) is 1. The minimum atomic E-state index is -0.528. The lowest BCUT2D eigenvalue weighted by Gasteiger charge is -2.04. The second-order valence-electron chi connectivity index (χ2n) is 4.21. The van der Waals surface area contributed by atoms with Crippen molar-refractivity contribution >= 4 is 11.6 Å². The van der Waals surface area contributed by atoms with Crippen molar-refractivity contribution in [3.8, 4) is 5.75 Å². The fourth-order valence-corrected chi connectivity index (χ4v) is 1.67. The van der Waals surface area contributed by atoms with Crippen LogP contribution in [0.3, 0.4) is 0 Å². The van der Waals surface area contributed by atoms with Gasteiger partial charge in [-0.3, -0.25) is 20.3 Å². The summed E-state index contributed by atoms with van der Waals surface area (Å²) in [4.78, 5) is 21.4. The van der Waals surface area contributed by atoms with Crippen molar-refractivity contribution in [1.82, 2.24) is 5.43 Å². The number of carbonyl (C=O) groups excluding carboxylic acids is 1. The number of ether oxygens (including phenoxy) is 1. The molecule has 0 bridgehead atoms. The Morgan fingerprint density at radius 2 is 2.10 bits per heavy atom. The average molecular weight is 291 g/mol. The van der Waals surface area contributed by atoms with E-state index in [4.69, 9.17) is 15.0 Å². The average Bonchev–Trinajstić information content (AvgIpc) is 2.86. The highest BCUT2D eigenvalue weighted by atomic mass is 16.6. The first-order valence-electron chi connectivity index (χ1n) is 5.98. The van der Waals surface area contributed by atoms with E-state index in [1.807, 2.05) is 5.43 Å². The van der Waals surface area contributed by atoms with Crippen LogP contribution >= 0.6 is 0 Å². The molecule has 1 aromatic carbocycles. The van der Waals surface area contributed by atoms with Crippen LogP contribution in [0.15, 0.2) is 34.7 Å². The van der Waals surface area contributed by atoms with Crippen molar-refractivity contribution in [3.05, 3.63) is 57.5 Å². The fourth-order valence-electron chi connectivity index (χ4n) is 1.67. The molecule has 0 fully saturated rings. The maximum Gasteiger partial charge on any atom is 0.300 e. The van der Waals surface area contributed by atoms with Crippen molar-refractivity contribution in [3.63, 3.8) is 0 Å². The van der Waals surface area contributed by atoms with Gasteiger partial charge in [-0.15, -0.1) is 0 Å². The summed E-state index contributed by atoms with van der Waals surface area (Å²) in [5, 5.41) is 10.5. The molecule has 0 aliphatic carbocycles. The molecule has 0 unspecified atom stereocenters. The molecular weight excluding hydrogens is 278 g/mol. The molecule has 0 aliphatic heterocycles. The summed E-state index contributed by atoms with van der Waals surface area (Å²) in [5.41, 5.74) is 2.65. The van der Waals surface area contributed by atoms with Gasteiger partial charge in [0.15, 0.2) is 5.76 Å². The van der Waals surface area contributed by atoms with E-state index in [2.05, 4.69) is 0 Å². The number of nitrogens with zero attached hydrogens (tertiary/aromatic N) is 1. The van der Waals surface area contributed by atoms with Gasteiger partial charge < -0.3 is 9.15 Å². The second-order valence-corrected chi connectivity index (χ2v) is 4.21. The largest absolute Gasteiger partial charge is 0.489 e. The van der Waals surface area contributed by atoms with Crippen LogP contribution in [0.2, 0.25) is 0 Å². The van der Waals surface area contributed by atoms with Gasteiger partial charge in [0.25, 0.3) is 5.69 Å². The minimum absolute atomic E-state index is 0.0104. The van der Waals surface area contributed by atoms with Gasteiger partial charge in [-0.2, -0.15) is 0 Å². The number of nitro benzene ring substituents is 1. The number of non-ortho nitro benzene ring substituents is 1. The van der Waals surface area contributed by atoms with Crippen molar-refractivity contribution in [2.45, 2.75) is 13.5 Å². The highest BCUT2D eigenvalue weighted by Crippen LogP contribution is 2.20. The van der Waals surface area contributed by atoms with E-state index < -0.39 is 10.8 Å². The molecule has 0 saturated carbocycles. The quantitative estimate of drug-likeness (QED) is 0.374. The van der Waals surface area contributed by atoms with E-state index >= 15 is 0 Å². The van der Waals surface area contributed by atoms with E-state index in [9.17, 15) is 14.9 Å². The Bertz CT molecular complexity index is 663. The molecule has 0 aliphatic rings. The van der Waals surface area contributed by atoms with Gasteiger partial charge in [-0.25, -0.2) is 5.84 Å². The molecule has 21 heavy (non-hydrogen) atoms. The Balaban J connectivity index is 2.04. The maximum atomic E-state index is 11.3. The van der Waals surface area contributed by atoms with Gasteiger partial charge in [0, 0.05) is 17.7 Å². The Morgan fingerprint density at radius 3 is 2.67 bits per heavy atom. The molecule has 0 atom stereocenters. The monoisotopic (exact) mass is 291 g/mol.